The highest BCUT2D eigenvalue weighted by molar-refractivity contribution is 6.30. The van der Waals surface area contributed by atoms with Crippen LogP contribution in [-0.2, 0) is 11.0 Å². The quantitative estimate of drug-likeness (QED) is 0.619. The van der Waals surface area contributed by atoms with Crippen molar-refractivity contribution in [2.24, 2.45) is 0 Å². The van der Waals surface area contributed by atoms with Crippen LogP contribution in [0.4, 0.5) is 18.9 Å². The minimum absolute atomic E-state index is 0.0348. The molecule has 0 unspecified atom stereocenters. The second-order valence-electron chi connectivity index (χ2n) is 3.88. The number of carbonyl (C=O) groups is 1. The molecule has 19 heavy (non-hydrogen) atoms. The number of hydrogen-bond donors (Lipinski definition) is 1. The van der Waals surface area contributed by atoms with E-state index in [-0.39, 0.29) is 17.1 Å². The van der Waals surface area contributed by atoms with Crippen LogP contribution in [0.1, 0.15) is 24.8 Å². The van der Waals surface area contributed by atoms with Gasteiger partial charge in [0, 0.05) is 17.3 Å². The number of halogens is 5. The molecule has 0 atom stereocenters. The molecule has 7 heteroatoms. The maximum Gasteiger partial charge on any atom is 0.418 e. The summed E-state index contributed by atoms with van der Waals surface area (Å²) in [6, 6.07) is 3.23. The lowest BCUT2D eigenvalue weighted by Crippen LogP contribution is -2.16. The van der Waals surface area contributed by atoms with Crippen molar-refractivity contribution in [2.45, 2.75) is 25.4 Å². The Kier molecular flexibility index (Phi) is 5.94. The second-order valence-corrected chi connectivity index (χ2v) is 4.70. The molecule has 1 N–H and O–H groups in total. The van der Waals surface area contributed by atoms with Crippen LogP contribution in [0.15, 0.2) is 18.2 Å². The summed E-state index contributed by atoms with van der Waals surface area (Å²) in [5, 5.41) is 2.21. The first-order valence-electron chi connectivity index (χ1n) is 5.57. The number of unbranched alkanes of at least 4 members (excludes halogenated alkanes) is 1. The van der Waals surface area contributed by atoms with Gasteiger partial charge < -0.3 is 5.32 Å². The van der Waals surface area contributed by atoms with E-state index in [2.05, 4.69) is 5.32 Å². The first-order valence-corrected chi connectivity index (χ1v) is 6.48. The molecule has 0 aromatic heterocycles. The summed E-state index contributed by atoms with van der Waals surface area (Å²) in [5.41, 5.74) is -1.24. The average Bonchev–Trinajstić information content (AvgIpc) is 2.30. The largest absolute Gasteiger partial charge is 0.418 e. The van der Waals surface area contributed by atoms with Gasteiger partial charge >= 0.3 is 6.18 Å². The van der Waals surface area contributed by atoms with Crippen LogP contribution in [0.5, 0.6) is 0 Å². The van der Waals surface area contributed by atoms with Crippen LogP contribution in [0, 0.1) is 0 Å². The highest BCUT2D eigenvalue weighted by Crippen LogP contribution is 2.36. The van der Waals surface area contributed by atoms with Crippen LogP contribution in [-0.4, -0.2) is 11.8 Å². The second kappa shape index (κ2) is 7.01. The lowest BCUT2D eigenvalue weighted by atomic mass is 10.1. The summed E-state index contributed by atoms with van der Waals surface area (Å²) in [6.07, 6.45) is -3.26. The summed E-state index contributed by atoms with van der Waals surface area (Å²) in [4.78, 5) is 11.5. The number of carbonyl (C=O) groups excluding carboxylic acids is 1. The Morgan fingerprint density at radius 1 is 1.26 bits per heavy atom. The Balaban J connectivity index is 2.80. The van der Waals surface area contributed by atoms with E-state index in [0.29, 0.717) is 18.7 Å². The fourth-order valence-electron chi connectivity index (χ4n) is 1.45. The Morgan fingerprint density at radius 2 is 1.95 bits per heavy atom. The highest BCUT2D eigenvalue weighted by Gasteiger charge is 2.34. The molecule has 1 rings (SSSR count). The first-order chi connectivity index (χ1) is 8.84. The third kappa shape index (κ3) is 5.28. The molecular weight excluding hydrogens is 302 g/mol. The van der Waals surface area contributed by atoms with E-state index >= 15 is 0 Å². The molecule has 0 aliphatic carbocycles. The lowest BCUT2D eigenvalue weighted by Gasteiger charge is -2.14. The van der Waals surface area contributed by atoms with Crippen molar-refractivity contribution in [3.63, 3.8) is 0 Å². The van der Waals surface area contributed by atoms with Crippen LogP contribution >= 0.6 is 23.2 Å². The van der Waals surface area contributed by atoms with Gasteiger partial charge in [0.2, 0.25) is 5.91 Å². The van der Waals surface area contributed by atoms with E-state index in [1.165, 1.54) is 6.07 Å². The molecule has 0 saturated carbocycles. The number of nitrogens with one attached hydrogen (secondary N) is 1. The van der Waals surface area contributed by atoms with Crippen molar-refractivity contribution in [3.05, 3.63) is 28.8 Å². The van der Waals surface area contributed by atoms with Gasteiger partial charge in [-0.05, 0) is 31.0 Å². The van der Waals surface area contributed by atoms with E-state index in [9.17, 15) is 18.0 Å². The number of rotatable bonds is 5. The third-order valence-electron chi connectivity index (χ3n) is 2.35. The summed E-state index contributed by atoms with van der Waals surface area (Å²) >= 11 is 11.0. The molecule has 0 fully saturated rings. The van der Waals surface area contributed by atoms with E-state index in [1.54, 1.807) is 0 Å². The normalized spacial score (nSPS) is 11.4. The Morgan fingerprint density at radius 3 is 2.53 bits per heavy atom. The van der Waals surface area contributed by atoms with Gasteiger partial charge in [0.05, 0.1) is 11.3 Å². The van der Waals surface area contributed by atoms with E-state index in [1.807, 2.05) is 0 Å². The average molecular weight is 314 g/mol. The molecule has 2 nitrogen and oxygen atoms in total. The zero-order valence-corrected chi connectivity index (χ0v) is 11.4. The zero-order valence-electron chi connectivity index (χ0n) is 9.86. The number of hydrogen-bond acceptors (Lipinski definition) is 1. The molecule has 1 amide bonds. The standard InChI is InChI=1S/C12H12Cl2F3NO/c13-6-2-1-3-11(19)18-10-5-4-8(14)7-9(10)12(15,16)17/h4-5,7H,1-3,6H2,(H,18,19). The van der Waals surface area contributed by atoms with Gasteiger partial charge in [-0.25, -0.2) is 0 Å². The summed E-state index contributed by atoms with van der Waals surface area (Å²) in [5.74, 6) is -0.0555. The van der Waals surface area contributed by atoms with E-state index in [4.69, 9.17) is 23.2 Å². The first kappa shape index (κ1) is 16.1. The molecule has 1 aromatic carbocycles. The topological polar surface area (TPSA) is 29.1 Å². The van der Waals surface area contributed by atoms with Gasteiger partial charge in [-0.1, -0.05) is 11.6 Å². The Bertz CT molecular complexity index is 449. The fourth-order valence-corrected chi connectivity index (χ4v) is 1.81. The van der Waals surface area contributed by atoms with Crippen molar-refractivity contribution in [1.82, 2.24) is 0 Å². The van der Waals surface area contributed by atoms with Crippen molar-refractivity contribution in [3.8, 4) is 0 Å². The van der Waals surface area contributed by atoms with Crippen LogP contribution in [0.2, 0.25) is 5.02 Å². The smallest absolute Gasteiger partial charge is 0.326 e. The van der Waals surface area contributed by atoms with Gasteiger partial charge in [-0.3, -0.25) is 4.79 Å². The minimum atomic E-state index is -4.57. The molecule has 1 aromatic rings. The SMILES string of the molecule is O=C(CCCCCl)Nc1ccc(Cl)cc1C(F)(F)F. The highest BCUT2D eigenvalue weighted by atomic mass is 35.5. The van der Waals surface area contributed by atoms with Gasteiger partial charge in [0.25, 0.3) is 0 Å². The number of anilines is 1. The van der Waals surface area contributed by atoms with Crippen molar-refractivity contribution >= 4 is 34.8 Å². The predicted octanol–water partition coefficient (Wildman–Crippen LogP) is 4.71. The molecule has 0 saturated heterocycles. The van der Waals surface area contributed by atoms with E-state index in [0.717, 1.165) is 12.1 Å². The molecule has 0 aliphatic rings. The molecular formula is C12H12Cl2F3NO. The molecule has 0 spiro atoms. The maximum atomic E-state index is 12.8. The monoisotopic (exact) mass is 313 g/mol. The van der Waals surface area contributed by atoms with Crippen molar-refractivity contribution in [2.75, 3.05) is 11.2 Å². The van der Waals surface area contributed by atoms with Gasteiger partial charge in [0.1, 0.15) is 0 Å². The van der Waals surface area contributed by atoms with Gasteiger partial charge in [-0.15, -0.1) is 11.6 Å². The number of amides is 1. The maximum absolute atomic E-state index is 12.8. The van der Waals surface area contributed by atoms with Crippen molar-refractivity contribution < 1.29 is 18.0 Å². The zero-order chi connectivity index (χ0) is 14.5. The van der Waals surface area contributed by atoms with Gasteiger partial charge in [-0.2, -0.15) is 13.2 Å². The summed E-state index contributed by atoms with van der Waals surface area (Å²) < 4.78 is 38.3. The number of benzene rings is 1. The summed E-state index contributed by atoms with van der Waals surface area (Å²) in [7, 11) is 0. The third-order valence-corrected chi connectivity index (χ3v) is 2.85. The summed E-state index contributed by atoms with van der Waals surface area (Å²) in [6.45, 7) is 0. The van der Waals surface area contributed by atoms with Crippen molar-refractivity contribution in [1.29, 1.82) is 0 Å². The molecule has 0 radical (unpaired) electrons. The molecule has 0 aliphatic heterocycles. The molecule has 106 valence electrons. The Labute approximate surface area is 118 Å². The predicted molar refractivity (Wildman–Crippen MR) is 69.7 cm³/mol. The van der Waals surface area contributed by atoms with Gasteiger partial charge in [0.15, 0.2) is 0 Å². The molecule has 0 heterocycles. The van der Waals surface area contributed by atoms with Crippen LogP contribution < -0.4 is 5.32 Å². The molecule has 0 bridgehead atoms. The Hall–Kier alpha value is -0.940. The minimum Gasteiger partial charge on any atom is -0.326 e. The number of alkyl halides is 4. The van der Waals surface area contributed by atoms with Crippen LogP contribution in [0.3, 0.4) is 0 Å². The lowest BCUT2D eigenvalue weighted by molar-refractivity contribution is -0.137. The fraction of sp³-hybridized carbons (Fsp3) is 0.417. The van der Waals surface area contributed by atoms with Crippen LogP contribution in [0.25, 0.3) is 0 Å². The van der Waals surface area contributed by atoms with E-state index < -0.39 is 17.6 Å².